The van der Waals surface area contributed by atoms with Crippen LogP contribution >= 0.6 is 15.6 Å². The fourth-order valence-electron chi connectivity index (χ4n) is 13.7. The van der Waals surface area contributed by atoms with Crippen LogP contribution in [0.2, 0.25) is 0 Å². The molecule has 0 heterocycles. The molecule has 0 aromatic carbocycles. The molecule has 0 amide bonds. The molecule has 0 bridgehead atoms. The monoisotopic (exact) mass is 1760 g/mol. The molecular formula is C105H182O16P2. The molecule has 4 N–H and O–H groups in total. The largest absolute Gasteiger partial charge is 0.472 e. The van der Waals surface area contributed by atoms with Crippen molar-refractivity contribution in [2.45, 2.75) is 450 Å². The molecule has 0 aliphatic rings. The molecule has 0 spiro atoms. The summed E-state index contributed by atoms with van der Waals surface area (Å²) in [6.45, 7) is 2.57. The Hall–Kier alpha value is -4.83. The van der Waals surface area contributed by atoms with Crippen LogP contribution in [0.1, 0.15) is 432 Å². The fraction of sp³-hybridized carbons (Fsp3) is 0.724. The lowest BCUT2D eigenvalue weighted by Crippen LogP contribution is -2.30. The van der Waals surface area contributed by atoms with E-state index in [0.29, 0.717) is 19.3 Å². The van der Waals surface area contributed by atoms with Crippen LogP contribution in [0.25, 0.3) is 0 Å². The number of phosphoric ester groups is 2. The van der Waals surface area contributed by atoms with Crippen molar-refractivity contribution in [1.82, 2.24) is 0 Å². The lowest BCUT2D eigenvalue weighted by atomic mass is 10.0. The molecule has 5 unspecified atom stereocenters. The summed E-state index contributed by atoms with van der Waals surface area (Å²) in [5.74, 6) is -1.57. The smallest absolute Gasteiger partial charge is 0.463 e. The number of carbonyl (C=O) groups is 3. The van der Waals surface area contributed by atoms with Gasteiger partial charge in [-0.15, -0.1) is 0 Å². The number of ether oxygens (including phenoxy) is 3. The van der Waals surface area contributed by atoms with Crippen LogP contribution in [-0.2, 0) is 55.8 Å². The Morgan fingerprint density at radius 3 is 0.683 bits per heavy atom. The summed E-state index contributed by atoms with van der Waals surface area (Å²) in [4.78, 5) is 59.1. The highest BCUT2D eigenvalue weighted by atomic mass is 31.2. The van der Waals surface area contributed by atoms with E-state index in [9.17, 15) is 43.5 Å². The van der Waals surface area contributed by atoms with Gasteiger partial charge >= 0.3 is 33.6 Å². The van der Waals surface area contributed by atoms with Gasteiger partial charge in [0.25, 0.3) is 0 Å². The number of phosphoric acid groups is 2. The van der Waals surface area contributed by atoms with Gasteiger partial charge in [-0.05, 0) is 154 Å². The van der Waals surface area contributed by atoms with Crippen molar-refractivity contribution in [3.63, 3.8) is 0 Å². The Kier molecular flexibility index (Phi) is 92.5. The van der Waals surface area contributed by atoms with Gasteiger partial charge in [0.1, 0.15) is 25.4 Å². The van der Waals surface area contributed by atoms with E-state index in [1.807, 2.05) is 0 Å². The number of rotatable bonds is 94. The van der Waals surface area contributed by atoms with E-state index < -0.39 is 91.5 Å². The van der Waals surface area contributed by atoms with Gasteiger partial charge in [-0.25, -0.2) is 9.13 Å². The number of esters is 3. The molecule has 16 nitrogen and oxygen atoms in total. The van der Waals surface area contributed by atoms with E-state index in [4.69, 9.17) is 32.3 Å². The predicted molar refractivity (Wildman–Crippen MR) is 519 cm³/mol. The summed E-state index contributed by atoms with van der Waals surface area (Å²) < 4.78 is 61.6. The minimum Gasteiger partial charge on any atom is -0.463 e. The third-order valence-corrected chi connectivity index (χ3v) is 23.1. The molecule has 0 saturated heterocycles. The molecule has 0 saturated carbocycles. The number of carbonyl (C=O) groups excluding carboxylic acids is 3. The molecule has 708 valence electrons. The summed E-state index contributed by atoms with van der Waals surface area (Å²) in [5.41, 5.74) is 0. The van der Waals surface area contributed by atoms with Crippen LogP contribution in [0.15, 0.2) is 158 Å². The van der Waals surface area contributed by atoms with E-state index in [1.54, 1.807) is 0 Å². The first-order chi connectivity index (χ1) is 60.2. The average molecular weight is 1760 g/mol. The van der Waals surface area contributed by atoms with Crippen molar-refractivity contribution in [2.75, 3.05) is 39.6 Å². The highest BCUT2D eigenvalue weighted by Gasteiger charge is 2.30. The second-order valence-electron chi connectivity index (χ2n) is 33.2. The van der Waals surface area contributed by atoms with E-state index in [-0.39, 0.29) is 19.3 Å². The van der Waals surface area contributed by atoms with Crippen LogP contribution in [0, 0.1) is 0 Å². The Labute approximate surface area is 752 Å². The Morgan fingerprint density at radius 1 is 0.236 bits per heavy atom. The Morgan fingerprint density at radius 2 is 0.431 bits per heavy atom. The summed E-state index contributed by atoms with van der Waals surface area (Å²) in [7, 11) is -9.82. The molecule has 0 rings (SSSR count). The van der Waals surface area contributed by atoms with Crippen molar-refractivity contribution in [1.29, 1.82) is 0 Å². The molecule has 0 aromatic rings. The quantitative estimate of drug-likeness (QED) is 0.0146. The maximum atomic E-state index is 13.1. The van der Waals surface area contributed by atoms with Gasteiger partial charge in [-0.3, -0.25) is 32.5 Å². The van der Waals surface area contributed by atoms with Crippen molar-refractivity contribution in [3.8, 4) is 0 Å². The Bertz CT molecular complexity index is 2870. The molecule has 5 atom stereocenters. The molecule has 0 aliphatic carbocycles. The number of allylic oxidation sites excluding steroid dienone is 26. The fourth-order valence-corrected chi connectivity index (χ4v) is 15.3. The normalized spacial score (nSPS) is 14.4. The number of unbranched alkanes of at least 4 members (excludes halogenated alkanes) is 45. The number of hydrogen-bond donors (Lipinski definition) is 4. The Balaban J connectivity index is 4.55. The first-order valence-electron chi connectivity index (χ1n) is 49.8. The second-order valence-corrected chi connectivity index (χ2v) is 36.1. The lowest BCUT2D eigenvalue weighted by molar-refractivity contribution is -0.161. The summed E-state index contributed by atoms with van der Waals surface area (Å²) in [6, 6.07) is 0. The van der Waals surface area contributed by atoms with Gasteiger partial charge in [0, 0.05) is 19.3 Å². The minimum absolute atomic E-state index is 0.0895. The number of aliphatic hydroxyl groups is 2. The van der Waals surface area contributed by atoms with Crippen molar-refractivity contribution >= 4 is 33.6 Å². The molecular weight excluding hydrogens is 1580 g/mol. The van der Waals surface area contributed by atoms with Gasteiger partial charge in [-0.1, -0.05) is 416 Å². The summed E-state index contributed by atoms with van der Waals surface area (Å²) in [5, 5.41) is 20.8. The van der Waals surface area contributed by atoms with Crippen LogP contribution in [0.3, 0.4) is 0 Å². The van der Waals surface area contributed by atoms with E-state index in [0.717, 1.165) is 167 Å². The van der Waals surface area contributed by atoms with Crippen LogP contribution in [0.5, 0.6) is 0 Å². The molecule has 0 radical (unpaired) electrons. The first kappa shape index (κ1) is 118. The van der Waals surface area contributed by atoms with Crippen LogP contribution in [-0.4, -0.2) is 95.9 Å². The highest BCUT2D eigenvalue weighted by Crippen LogP contribution is 2.45. The zero-order valence-electron chi connectivity index (χ0n) is 78.3. The van der Waals surface area contributed by atoms with E-state index in [1.165, 1.54) is 205 Å². The SMILES string of the molecule is CC/C=C\C/C=C\C/C=C\C/C=C\C/C=C\CCCCCCCCCCCCCCCC(=O)OCC(COP(=O)(O)OCC(O)COP(=O)(O)OCC(O)COC(=O)CCCCCCCCCCCCCCCCCCCCC/C=C\C/C=C\C/C=C\C/C=C\CCCCC)OC(=O)CCCCCCCCC/C=C\C/C=C\C/C=C\C/C=C\CCCCC. The lowest BCUT2D eigenvalue weighted by Gasteiger charge is -2.21. The number of hydrogen-bond acceptors (Lipinski definition) is 14. The van der Waals surface area contributed by atoms with Crippen LogP contribution in [0.4, 0.5) is 0 Å². The van der Waals surface area contributed by atoms with Crippen molar-refractivity contribution in [2.24, 2.45) is 0 Å². The third-order valence-electron chi connectivity index (χ3n) is 21.2. The zero-order chi connectivity index (χ0) is 89.3. The van der Waals surface area contributed by atoms with Crippen molar-refractivity contribution < 1.29 is 75.8 Å². The maximum absolute atomic E-state index is 13.1. The van der Waals surface area contributed by atoms with Gasteiger partial charge in [-0.2, -0.15) is 0 Å². The van der Waals surface area contributed by atoms with E-state index in [2.05, 4.69) is 179 Å². The molecule has 123 heavy (non-hydrogen) atoms. The van der Waals surface area contributed by atoms with Crippen molar-refractivity contribution in [3.05, 3.63) is 158 Å². The average Bonchev–Trinajstić information content (AvgIpc) is 0.898. The first-order valence-corrected chi connectivity index (χ1v) is 52.8. The standard InChI is InChI=1S/C105H182O16P2/c1-4-7-10-13-16-19-22-25-28-31-34-37-40-42-44-46-47-48-49-50-51-53-55-56-59-61-64-67-70-73-76-79-82-85-88-91-103(108)115-94-100(106)95-117-122(111,112)118-96-101(107)97-119-123(113,114)120-99-102(121-105(110)93-90-87-84-81-78-75-72-69-66-63-58-39-36-33-30-27-24-21-18-15-12-9-6-3)98-116-104(109)92-89-86-83-80-77-74-71-68-65-62-60-57-54-52-45-43-41-38-35-32-29-26-23-20-17-14-11-8-5-2/h8,11,16-21,25-30,34-39,42-45,63,66,100-102,106-107H,4-7,9-10,12-15,22-24,31-33,40-41,46-62,64-65,67-99H2,1-3H3,(H,111,112)(H,113,114)/b11-8-,19-16-,20-17-,21-18-,28-25-,29-26-,30-27-,37-34-,38-35-,39-36-,44-42-,45-43-,66-63-. The molecule has 18 heteroatoms. The summed E-state index contributed by atoms with van der Waals surface area (Å²) >= 11 is 0. The third kappa shape index (κ3) is 97.6. The topological polar surface area (TPSA) is 231 Å². The van der Waals surface area contributed by atoms with Crippen LogP contribution < -0.4 is 0 Å². The van der Waals surface area contributed by atoms with Gasteiger partial charge in [0.05, 0.1) is 26.4 Å². The maximum Gasteiger partial charge on any atom is 0.472 e. The van der Waals surface area contributed by atoms with Gasteiger partial charge in [0.15, 0.2) is 6.10 Å². The predicted octanol–water partition coefficient (Wildman–Crippen LogP) is 31.2. The molecule has 0 aliphatic heterocycles. The number of aliphatic hydroxyl groups excluding tert-OH is 2. The molecule has 0 aromatic heterocycles. The summed E-state index contributed by atoms with van der Waals surface area (Å²) in [6.07, 6.45) is 124. The zero-order valence-corrected chi connectivity index (χ0v) is 80.1. The van der Waals surface area contributed by atoms with Gasteiger partial charge in [0.2, 0.25) is 0 Å². The minimum atomic E-state index is -4.95. The van der Waals surface area contributed by atoms with Gasteiger partial charge < -0.3 is 34.2 Å². The second kappa shape index (κ2) is 96.3. The highest BCUT2D eigenvalue weighted by molar-refractivity contribution is 7.47. The molecule has 0 fully saturated rings. The van der Waals surface area contributed by atoms with E-state index >= 15 is 0 Å².